The Morgan fingerprint density at radius 2 is 1.90 bits per heavy atom. The lowest BCUT2D eigenvalue weighted by atomic mass is 9.84. The first-order valence-corrected chi connectivity index (χ1v) is 10.2. The number of aryl methyl sites for hydroxylation is 1. The van der Waals surface area contributed by atoms with E-state index in [2.05, 4.69) is 56.5 Å². The number of rotatable bonds is 5. The molecule has 0 fully saturated rings. The van der Waals surface area contributed by atoms with Crippen molar-refractivity contribution in [2.24, 2.45) is 5.41 Å². The van der Waals surface area contributed by atoms with Crippen molar-refractivity contribution in [1.82, 2.24) is 10.6 Å². The van der Waals surface area contributed by atoms with Gasteiger partial charge in [0.25, 0.3) is 0 Å². The Balaban J connectivity index is 1.91. The standard InChI is InChI=1S/C24H27N3O2S/c1-15-7-6-8-16(11-15)14-29-19-10-9-17(12-20(19)28-5)21-18(13-25)22(24(2,3)4)27-23(30)26-21/h6-12,21H,14H2,1-5H3,(H2,26,27,30)/t21-/m0/s1. The van der Waals surface area contributed by atoms with Gasteiger partial charge in [0.2, 0.25) is 0 Å². The first-order valence-electron chi connectivity index (χ1n) is 9.81. The van der Waals surface area contributed by atoms with Crippen molar-refractivity contribution in [3.63, 3.8) is 0 Å². The van der Waals surface area contributed by atoms with Gasteiger partial charge >= 0.3 is 0 Å². The summed E-state index contributed by atoms with van der Waals surface area (Å²) in [5.41, 5.74) is 4.38. The summed E-state index contributed by atoms with van der Waals surface area (Å²) in [7, 11) is 1.61. The molecule has 0 spiro atoms. The highest BCUT2D eigenvalue weighted by Gasteiger charge is 2.32. The molecule has 0 amide bonds. The van der Waals surface area contributed by atoms with Crippen LogP contribution >= 0.6 is 12.2 Å². The molecule has 0 radical (unpaired) electrons. The van der Waals surface area contributed by atoms with Crippen LogP contribution in [0.25, 0.3) is 0 Å². The number of thiocarbonyl (C=S) groups is 1. The zero-order valence-corrected chi connectivity index (χ0v) is 18.8. The predicted molar refractivity (Wildman–Crippen MR) is 122 cm³/mol. The lowest BCUT2D eigenvalue weighted by molar-refractivity contribution is 0.284. The number of hydrogen-bond donors (Lipinski definition) is 2. The first-order chi connectivity index (χ1) is 14.2. The number of allylic oxidation sites excluding steroid dienone is 1. The summed E-state index contributed by atoms with van der Waals surface area (Å²) < 4.78 is 11.6. The van der Waals surface area contributed by atoms with Crippen molar-refractivity contribution in [3.8, 4) is 17.6 Å². The molecule has 6 heteroatoms. The van der Waals surface area contributed by atoms with E-state index in [1.165, 1.54) is 5.56 Å². The van der Waals surface area contributed by atoms with E-state index in [-0.39, 0.29) is 11.5 Å². The Morgan fingerprint density at radius 1 is 1.13 bits per heavy atom. The number of nitrogens with zero attached hydrogens (tertiary/aromatic N) is 1. The van der Waals surface area contributed by atoms with E-state index in [1.807, 2.05) is 30.3 Å². The molecule has 2 aromatic rings. The highest BCUT2D eigenvalue weighted by molar-refractivity contribution is 7.80. The molecule has 0 unspecified atom stereocenters. The van der Waals surface area contributed by atoms with E-state index < -0.39 is 0 Å². The van der Waals surface area contributed by atoms with Gasteiger partial charge < -0.3 is 20.1 Å². The Morgan fingerprint density at radius 3 is 2.53 bits per heavy atom. The Bertz CT molecular complexity index is 1030. The number of nitriles is 1. The third-order valence-electron chi connectivity index (χ3n) is 4.94. The second kappa shape index (κ2) is 8.76. The molecule has 0 aliphatic carbocycles. The van der Waals surface area contributed by atoms with Crippen LogP contribution in [0.3, 0.4) is 0 Å². The minimum atomic E-state index is -0.349. The maximum atomic E-state index is 9.87. The van der Waals surface area contributed by atoms with Gasteiger partial charge in [-0.25, -0.2) is 0 Å². The van der Waals surface area contributed by atoms with Gasteiger partial charge in [0.1, 0.15) is 6.61 Å². The van der Waals surface area contributed by atoms with E-state index in [9.17, 15) is 5.26 Å². The second-order valence-electron chi connectivity index (χ2n) is 8.37. The zero-order valence-electron chi connectivity index (χ0n) is 18.0. The molecular weight excluding hydrogens is 394 g/mol. The van der Waals surface area contributed by atoms with Gasteiger partial charge in [0.15, 0.2) is 16.6 Å². The molecule has 156 valence electrons. The monoisotopic (exact) mass is 421 g/mol. The lowest BCUT2D eigenvalue weighted by Crippen LogP contribution is -2.46. The summed E-state index contributed by atoms with van der Waals surface area (Å²) in [5.74, 6) is 1.26. The van der Waals surface area contributed by atoms with E-state index in [0.29, 0.717) is 28.8 Å². The third-order valence-corrected chi connectivity index (χ3v) is 5.16. The van der Waals surface area contributed by atoms with Crippen molar-refractivity contribution in [3.05, 3.63) is 70.4 Å². The number of methoxy groups -OCH3 is 1. The maximum Gasteiger partial charge on any atom is 0.171 e. The van der Waals surface area contributed by atoms with Crippen molar-refractivity contribution >= 4 is 17.3 Å². The fourth-order valence-corrected chi connectivity index (χ4v) is 3.69. The Hall–Kier alpha value is -3.04. The molecule has 5 nitrogen and oxygen atoms in total. The number of nitrogens with one attached hydrogen (secondary N) is 2. The summed E-state index contributed by atoms with van der Waals surface area (Å²) in [4.78, 5) is 0. The Labute approximate surface area is 183 Å². The zero-order chi connectivity index (χ0) is 21.9. The van der Waals surface area contributed by atoms with Crippen LogP contribution in [-0.4, -0.2) is 12.2 Å². The number of benzene rings is 2. The van der Waals surface area contributed by atoms with Crippen LogP contribution in [0.4, 0.5) is 0 Å². The molecule has 0 aromatic heterocycles. The van der Waals surface area contributed by atoms with E-state index in [0.717, 1.165) is 16.8 Å². The van der Waals surface area contributed by atoms with Crippen molar-refractivity contribution < 1.29 is 9.47 Å². The average molecular weight is 422 g/mol. The minimum Gasteiger partial charge on any atom is -0.493 e. The van der Waals surface area contributed by atoms with Crippen LogP contribution < -0.4 is 20.1 Å². The van der Waals surface area contributed by atoms with E-state index in [1.54, 1.807) is 7.11 Å². The average Bonchev–Trinajstić information content (AvgIpc) is 2.71. The van der Waals surface area contributed by atoms with Crippen molar-refractivity contribution in [2.75, 3.05) is 7.11 Å². The van der Waals surface area contributed by atoms with Crippen LogP contribution in [-0.2, 0) is 6.61 Å². The van der Waals surface area contributed by atoms with Crippen molar-refractivity contribution in [1.29, 1.82) is 5.26 Å². The van der Waals surface area contributed by atoms with Gasteiger partial charge in [-0.15, -0.1) is 0 Å². The summed E-state index contributed by atoms with van der Waals surface area (Å²) >= 11 is 5.40. The van der Waals surface area contributed by atoms with Crippen LogP contribution in [0.5, 0.6) is 11.5 Å². The number of ether oxygens (including phenoxy) is 2. The molecule has 0 saturated heterocycles. The van der Waals surface area contributed by atoms with Crippen LogP contribution in [0, 0.1) is 23.7 Å². The number of hydrogen-bond acceptors (Lipinski definition) is 4. The molecule has 3 rings (SSSR count). The fraction of sp³-hybridized carbons (Fsp3) is 0.333. The first kappa shape index (κ1) is 21.7. The molecule has 2 aromatic carbocycles. The molecule has 1 aliphatic heterocycles. The minimum absolute atomic E-state index is 0.240. The summed E-state index contributed by atoms with van der Waals surface area (Å²) in [5, 5.41) is 16.7. The Kier molecular flexibility index (Phi) is 6.33. The maximum absolute atomic E-state index is 9.87. The molecule has 1 heterocycles. The molecule has 30 heavy (non-hydrogen) atoms. The lowest BCUT2D eigenvalue weighted by Gasteiger charge is -2.35. The van der Waals surface area contributed by atoms with Gasteiger partial charge in [-0.3, -0.25) is 0 Å². The summed E-state index contributed by atoms with van der Waals surface area (Å²) in [6.45, 7) is 8.67. The quantitative estimate of drug-likeness (QED) is 0.668. The molecule has 1 aliphatic rings. The van der Waals surface area contributed by atoms with E-state index >= 15 is 0 Å². The summed E-state index contributed by atoms with van der Waals surface area (Å²) in [6.07, 6.45) is 0. The molecule has 0 saturated carbocycles. The molecule has 1 atom stereocenters. The van der Waals surface area contributed by atoms with Crippen LogP contribution in [0.1, 0.15) is 43.5 Å². The highest BCUT2D eigenvalue weighted by atomic mass is 32.1. The van der Waals surface area contributed by atoms with E-state index in [4.69, 9.17) is 21.7 Å². The SMILES string of the molecule is COc1cc([C@@H]2NC(=S)NC(C(C)(C)C)=C2C#N)ccc1OCc1cccc(C)c1. The molecular formula is C24H27N3O2S. The highest BCUT2D eigenvalue weighted by Crippen LogP contribution is 2.37. The van der Waals surface area contributed by atoms with Gasteiger partial charge in [-0.1, -0.05) is 56.7 Å². The van der Waals surface area contributed by atoms with Crippen LogP contribution in [0.15, 0.2) is 53.7 Å². The summed E-state index contributed by atoms with van der Waals surface area (Å²) in [6, 6.07) is 15.9. The molecule has 0 bridgehead atoms. The van der Waals surface area contributed by atoms with Gasteiger partial charge in [0.05, 0.1) is 24.8 Å². The van der Waals surface area contributed by atoms with Gasteiger partial charge in [-0.2, -0.15) is 5.26 Å². The smallest absolute Gasteiger partial charge is 0.171 e. The normalized spacial score (nSPS) is 16.4. The topological polar surface area (TPSA) is 66.3 Å². The van der Waals surface area contributed by atoms with Gasteiger partial charge in [0, 0.05) is 11.1 Å². The fourth-order valence-electron chi connectivity index (χ4n) is 3.47. The third kappa shape index (κ3) is 4.74. The second-order valence-corrected chi connectivity index (χ2v) is 8.78. The van der Waals surface area contributed by atoms with Gasteiger partial charge in [-0.05, 0) is 42.4 Å². The van der Waals surface area contributed by atoms with Crippen molar-refractivity contribution in [2.45, 2.75) is 40.3 Å². The largest absolute Gasteiger partial charge is 0.493 e. The molecule has 2 N–H and O–H groups in total. The van der Waals surface area contributed by atoms with Crippen LogP contribution in [0.2, 0.25) is 0 Å². The predicted octanol–water partition coefficient (Wildman–Crippen LogP) is 4.93.